The van der Waals surface area contributed by atoms with Gasteiger partial charge in [-0.1, -0.05) is 19.8 Å². The van der Waals surface area contributed by atoms with E-state index in [1.807, 2.05) is 0 Å². The number of aliphatic hydroxyl groups excluding tert-OH is 1. The summed E-state index contributed by atoms with van der Waals surface area (Å²) in [5, 5.41) is 8.20. The quantitative estimate of drug-likeness (QED) is 0.455. The van der Waals surface area contributed by atoms with Gasteiger partial charge in [0.05, 0.1) is 0 Å². The molecule has 0 aliphatic heterocycles. The Kier molecular flexibility index (Phi) is 45.9. The maximum atomic E-state index is 8.20. The minimum absolute atomic E-state index is 0.355. The molecule has 0 aliphatic rings. The Morgan fingerprint density at radius 2 is 1.58 bits per heavy atom. The van der Waals surface area contributed by atoms with Crippen molar-refractivity contribution in [1.29, 1.82) is 0 Å². The zero-order valence-corrected chi connectivity index (χ0v) is 10.3. The van der Waals surface area contributed by atoms with Crippen molar-refractivity contribution in [2.24, 2.45) is 0 Å². The molecule has 0 saturated carbocycles. The number of unbranched alkanes of at least 4 members (excludes halogenated alkanes) is 2. The summed E-state index contributed by atoms with van der Waals surface area (Å²) in [6.45, 7) is 11.9. The van der Waals surface area contributed by atoms with Gasteiger partial charge >= 0.3 is 29.3 Å². The zero-order valence-electron chi connectivity index (χ0n) is 7.48. The van der Waals surface area contributed by atoms with Gasteiger partial charge in [0.2, 0.25) is 0 Å². The third-order valence-electron chi connectivity index (χ3n) is 0.873. The first-order valence-corrected chi connectivity index (χ1v) is 6.92. The molecule has 0 aromatic heterocycles. The van der Waals surface area contributed by atoms with Gasteiger partial charge in [-0.05, 0) is 6.42 Å². The van der Waals surface area contributed by atoms with Crippen molar-refractivity contribution in [1.82, 2.24) is 0 Å². The molecular formula is C9H16OV2-2. The van der Waals surface area contributed by atoms with Crippen molar-refractivity contribution >= 4 is 0 Å². The zero-order chi connectivity index (χ0) is 10.2. The van der Waals surface area contributed by atoms with Crippen LogP contribution in [0, 0.1) is 13.2 Å². The van der Waals surface area contributed by atoms with Crippen LogP contribution in [0.4, 0.5) is 0 Å². The topological polar surface area (TPSA) is 20.2 Å². The molecule has 3 heteroatoms. The van der Waals surface area contributed by atoms with Crippen LogP contribution in [0.2, 0.25) is 0 Å². The number of hydrogen-bond donors (Lipinski definition) is 1. The molecule has 0 aliphatic carbocycles. The fourth-order valence-corrected chi connectivity index (χ4v) is 0.362. The molecule has 0 heterocycles. The second-order valence-electron chi connectivity index (χ2n) is 1.82. The van der Waals surface area contributed by atoms with E-state index in [4.69, 9.17) is 18.3 Å². The van der Waals surface area contributed by atoms with Crippen molar-refractivity contribution in [3.63, 3.8) is 0 Å². The summed E-state index contributed by atoms with van der Waals surface area (Å²) in [6.07, 6.45) is 5.88. The van der Waals surface area contributed by atoms with Gasteiger partial charge in [-0.25, -0.2) is 0 Å². The first-order valence-electron chi connectivity index (χ1n) is 3.72. The van der Waals surface area contributed by atoms with E-state index in [1.54, 1.807) is 0 Å². The molecule has 0 fully saturated rings. The molecule has 0 atom stereocenters. The number of aliphatic hydroxyl groups is 1. The van der Waals surface area contributed by atoms with Crippen molar-refractivity contribution in [2.75, 3.05) is 6.61 Å². The fourth-order valence-electron chi connectivity index (χ4n) is 0.362. The van der Waals surface area contributed by atoms with Gasteiger partial charge < -0.3 is 30.4 Å². The van der Waals surface area contributed by atoms with Crippen molar-refractivity contribution < 1.29 is 34.4 Å². The number of allylic oxidation sites excluding steroid dienone is 2. The standard InChI is InChI=1S/C5H12O.C4H4.2V/c1-2-3-4-5-6;1-3-4-2;;/h6H,2-5H2,1H3;1-4H;;/q;-2;;. The van der Waals surface area contributed by atoms with Crippen LogP contribution in [-0.2, 0) is 29.3 Å². The SMILES string of the molecule is CCCCCO.[CH-]=CC=[CH-].[V]=[V]. The van der Waals surface area contributed by atoms with Gasteiger partial charge in [0, 0.05) is 6.61 Å². The third-order valence-corrected chi connectivity index (χ3v) is 0.873. The second kappa shape index (κ2) is 29.9. The van der Waals surface area contributed by atoms with Crippen LogP contribution in [0.3, 0.4) is 0 Å². The Balaban J connectivity index is -0.000000118. The molecule has 0 aromatic carbocycles. The fraction of sp³-hybridized carbons (Fsp3) is 0.556. The van der Waals surface area contributed by atoms with E-state index in [0.717, 1.165) is 12.8 Å². The van der Waals surface area contributed by atoms with Crippen LogP contribution >= 0.6 is 0 Å². The molecule has 0 amide bonds. The van der Waals surface area contributed by atoms with Gasteiger partial charge in [0.25, 0.3) is 0 Å². The predicted octanol–water partition coefficient (Wildman–Crippen LogP) is 2.13. The summed E-state index contributed by atoms with van der Waals surface area (Å²) < 4.78 is 0. The third kappa shape index (κ3) is 46.1. The molecule has 0 aromatic rings. The molecule has 0 rings (SSSR count). The van der Waals surface area contributed by atoms with Gasteiger partial charge in [0.15, 0.2) is 0 Å². The monoisotopic (exact) mass is 242 g/mol. The Morgan fingerprint density at radius 1 is 1.17 bits per heavy atom. The van der Waals surface area contributed by atoms with Crippen LogP contribution < -0.4 is 0 Å². The molecule has 0 radical (unpaired) electrons. The summed E-state index contributed by atoms with van der Waals surface area (Å²) in [5.74, 6) is 0. The molecule has 1 N–H and O–H groups in total. The average Bonchev–Trinajstić information content (AvgIpc) is 2.18. The van der Waals surface area contributed by atoms with E-state index < -0.39 is 0 Å². The van der Waals surface area contributed by atoms with Crippen molar-refractivity contribution in [3.8, 4) is 0 Å². The summed E-state index contributed by atoms with van der Waals surface area (Å²) in [5.41, 5.74) is 0. The minimum atomic E-state index is 0.355. The Hall–Kier alpha value is 0.609. The van der Waals surface area contributed by atoms with Crippen molar-refractivity contribution in [3.05, 3.63) is 25.3 Å². The van der Waals surface area contributed by atoms with Crippen LogP contribution in [0.1, 0.15) is 26.2 Å². The molecular weight excluding hydrogens is 226 g/mol. The van der Waals surface area contributed by atoms with Crippen molar-refractivity contribution in [2.45, 2.75) is 26.2 Å². The van der Waals surface area contributed by atoms with Crippen LogP contribution in [0.15, 0.2) is 12.2 Å². The molecule has 0 unspecified atom stereocenters. The predicted molar refractivity (Wildman–Crippen MR) is 44.4 cm³/mol. The summed E-state index contributed by atoms with van der Waals surface area (Å²) in [4.78, 5) is 0. The van der Waals surface area contributed by atoms with E-state index in [2.05, 4.69) is 36.2 Å². The summed E-state index contributed by atoms with van der Waals surface area (Å²) in [6, 6.07) is 0. The molecule has 0 spiro atoms. The Morgan fingerprint density at radius 3 is 1.67 bits per heavy atom. The van der Waals surface area contributed by atoms with E-state index >= 15 is 0 Å². The average molecular weight is 242 g/mol. The van der Waals surface area contributed by atoms with Crippen LogP contribution in [0.25, 0.3) is 0 Å². The Labute approximate surface area is 92.2 Å². The van der Waals surface area contributed by atoms with Crippen LogP contribution in [0.5, 0.6) is 0 Å². The van der Waals surface area contributed by atoms with Crippen LogP contribution in [-0.4, -0.2) is 11.7 Å². The van der Waals surface area contributed by atoms with Gasteiger partial charge in [-0.2, -0.15) is 0 Å². The molecule has 1 nitrogen and oxygen atoms in total. The summed E-state index contributed by atoms with van der Waals surface area (Å²) in [7, 11) is 0. The summed E-state index contributed by atoms with van der Waals surface area (Å²) >= 11 is 4.50. The van der Waals surface area contributed by atoms with Gasteiger partial charge in [-0.3, -0.25) is 0 Å². The Bertz CT molecular complexity index is 74.6. The second-order valence-corrected chi connectivity index (χ2v) is 1.82. The maximum absolute atomic E-state index is 8.20. The first-order chi connectivity index (χ1) is 5.83. The van der Waals surface area contributed by atoms with E-state index in [1.165, 1.54) is 18.6 Å². The molecule has 12 heavy (non-hydrogen) atoms. The first kappa shape index (κ1) is 18.4. The van der Waals surface area contributed by atoms with E-state index in [9.17, 15) is 0 Å². The number of hydrogen-bond acceptors (Lipinski definition) is 1. The van der Waals surface area contributed by atoms with E-state index in [0.29, 0.717) is 6.61 Å². The molecule has 0 bridgehead atoms. The normalized spacial score (nSPS) is 6.33. The molecule has 70 valence electrons. The number of rotatable bonds is 4. The molecule has 0 saturated heterocycles. The van der Waals surface area contributed by atoms with Gasteiger partial charge in [0.1, 0.15) is 0 Å². The van der Waals surface area contributed by atoms with Gasteiger partial charge in [-0.15, -0.1) is 0 Å². The van der Waals surface area contributed by atoms with E-state index in [-0.39, 0.29) is 0 Å².